The molecule has 1 aliphatic carbocycles. The molecule has 118 valence electrons. The van der Waals surface area contributed by atoms with E-state index in [4.69, 9.17) is 9.47 Å². The molecule has 1 fully saturated rings. The molecule has 1 aromatic carbocycles. The van der Waals surface area contributed by atoms with Crippen molar-refractivity contribution in [1.29, 1.82) is 0 Å². The molecule has 1 saturated carbocycles. The van der Waals surface area contributed by atoms with Gasteiger partial charge >= 0.3 is 0 Å². The van der Waals surface area contributed by atoms with Gasteiger partial charge in [0.1, 0.15) is 18.0 Å². The summed E-state index contributed by atoms with van der Waals surface area (Å²) in [5.41, 5.74) is 2.71. The lowest BCUT2D eigenvalue weighted by molar-refractivity contribution is -0.0886. The fourth-order valence-electron chi connectivity index (χ4n) is 2.89. The van der Waals surface area contributed by atoms with Crippen molar-refractivity contribution in [2.45, 2.75) is 64.7 Å². The highest BCUT2D eigenvalue weighted by atomic mass is 16.5. The number of hydrogen-bond donors (Lipinski definition) is 1. The van der Waals surface area contributed by atoms with Gasteiger partial charge in [0.25, 0.3) is 0 Å². The molecule has 0 spiro atoms. The maximum atomic E-state index is 6.16. The first kappa shape index (κ1) is 16.3. The molecule has 1 N–H and O–H groups in total. The van der Waals surface area contributed by atoms with E-state index in [1.807, 2.05) is 0 Å². The molecule has 3 nitrogen and oxygen atoms in total. The molecular formula is C18H29NO2. The van der Waals surface area contributed by atoms with E-state index in [1.54, 1.807) is 7.11 Å². The fourth-order valence-corrected chi connectivity index (χ4v) is 2.89. The molecule has 1 aliphatic rings. The predicted octanol–water partition coefficient (Wildman–Crippen LogP) is 3.44. The largest absolute Gasteiger partial charge is 0.487 e. The minimum atomic E-state index is 0.145. The maximum absolute atomic E-state index is 6.16. The summed E-state index contributed by atoms with van der Waals surface area (Å²) < 4.78 is 11.7. The number of likely N-dealkylation sites (N-methyl/N-ethyl adjacent to an activating group) is 1. The Morgan fingerprint density at radius 2 is 2.00 bits per heavy atom. The highest BCUT2D eigenvalue weighted by Gasteiger charge is 2.42. The van der Waals surface area contributed by atoms with Crippen LogP contribution in [0.3, 0.4) is 0 Å². The summed E-state index contributed by atoms with van der Waals surface area (Å²) in [5.74, 6) is 0.977. The lowest BCUT2D eigenvalue weighted by Gasteiger charge is -2.43. The van der Waals surface area contributed by atoms with Crippen LogP contribution >= 0.6 is 0 Å². The van der Waals surface area contributed by atoms with Gasteiger partial charge in [-0.3, -0.25) is 0 Å². The Kier molecular flexibility index (Phi) is 4.95. The number of methoxy groups -OCH3 is 1. The quantitative estimate of drug-likeness (QED) is 0.901. The summed E-state index contributed by atoms with van der Waals surface area (Å²) in [6, 6.07) is 6.92. The number of aryl methyl sites for hydroxylation is 1. The van der Waals surface area contributed by atoms with Crippen LogP contribution in [-0.4, -0.2) is 31.9 Å². The smallest absolute Gasteiger partial charge is 0.128 e. The van der Waals surface area contributed by atoms with Gasteiger partial charge < -0.3 is 14.8 Å². The Hall–Kier alpha value is -1.06. The molecule has 0 aliphatic heterocycles. The zero-order valence-corrected chi connectivity index (χ0v) is 14.2. The zero-order chi connectivity index (χ0) is 15.6. The monoisotopic (exact) mass is 291 g/mol. The zero-order valence-electron chi connectivity index (χ0n) is 14.2. The van der Waals surface area contributed by atoms with Gasteiger partial charge in [0, 0.05) is 19.6 Å². The Morgan fingerprint density at radius 1 is 1.29 bits per heavy atom. The molecule has 2 rings (SSSR count). The topological polar surface area (TPSA) is 30.5 Å². The fraction of sp³-hybridized carbons (Fsp3) is 0.667. The van der Waals surface area contributed by atoms with Crippen LogP contribution in [0.2, 0.25) is 0 Å². The molecular weight excluding hydrogens is 262 g/mol. The van der Waals surface area contributed by atoms with Crippen molar-refractivity contribution in [2.75, 3.05) is 13.7 Å². The molecule has 21 heavy (non-hydrogen) atoms. The predicted molar refractivity (Wildman–Crippen MR) is 87.2 cm³/mol. The first-order valence-corrected chi connectivity index (χ1v) is 7.90. The Labute approximate surface area is 129 Å². The van der Waals surface area contributed by atoms with E-state index in [-0.39, 0.29) is 17.6 Å². The van der Waals surface area contributed by atoms with Crippen molar-refractivity contribution < 1.29 is 9.47 Å². The minimum Gasteiger partial charge on any atom is -0.487 e. The number of hydrogen-bond acceptors (Lipinski definition) is 3. The number of rotatable bonds is 5. The van der Waals surface area contributed by atoms with E-state index in [0.717, 1.165) is 18.7 Å². The first-order chi connectivity index (χ1) is 9.86. The third-order valence-electron chi connectivity index (χ3n) is 4.31. The van der Waals surface area contributed by atoms with Crippen molar-refractivity contribution >= 4 is 0 Å². The molecule has 0 saturated heterocycles. The van der Waals surface area contributed by atoms with Crippen molar-refractivity contribution in [3.63, 3.8) is 0 Å². The minimum absolute atomic E-state index is 0.145. The SMILES string of the molecule is CCNC1CC(Oc2ccc(C(C)(C)C)cc2C)C1OC. The molecule has 0 aromatic heterocycles. The summed E-state index contributed by atoms with van der Waals surface area (Å²) in [7, 11) is 1.76. The van der Waals surface area contributed by atoms with Gasteiger partial charge in [-0.25, -0.2) is 0 Å². The third-order valence-corrected chi connectivity index (χ3v) is 4.31. The first-order valence-electron chi connectivity index (χ1n) is 7.90. The Bertz CT molecular complexity index is 479. The van der Waals surface area contributed by atoms with Crippen LogP contribution in [0.1, 0.15) is 45.2 Å². The molecule has 3 atom stereocenters. The number of ether oxygens (including phenoxy) is 2. The average molecular weight is 291 g/mol. The summed E-state index contributed by atoms with van der Waals surface area (Å²) in [5, 5.41) is 3.44. The summed E-state index contributed by atoms with van der Waals surface area (Å²) >= 11 is 0. The van der Waals surface area contributed by atoms with E-state index in [2.05, 4.69) is 58.1 Å². The molecule has 0 radical (unpaired) electrons. The van der Waals surface area contributed by atoms with Crippen LogP contribution in [-0.2, 0) is 10.2 Å². The molecule has 0 bridgehead atoms. The standard InChI is InChI=1S/C18H29NO2/c1-7-19-14-11-16(17(14)20-6)21-15-9-8-13(10-12(15)2)18(3,4)5/h8-10,14,16-17,19H,7,11H2,1-6H3. The Morgan fingerprint density at radius 3 is 2.52 bits per heavy atom. The highest BCUT2D eigenvalue weighted by molar-refractivity contribution is 5.39. The van der Waals surface area contributed by atoms with Crippen LogP contribution in [0.15, 0.2) is 18.2 Å². The van der Waals surface area contributed by atoms with E-state index >= 15 is 0 Å². The van der Waals surface area contributed by atoms with Gasteiger partial charge in [0.15, 0.2) is 0 Å². The van der Waals surface area contributed by atoms with Crippen LogP contribution in [0, 0.1) is 6.92 Å². The summed E-state index contributed by atoms with van der Waals surface area (Å²) in [6.07, 6.45) is 1.30. The van der Waals surface area contributed by atoms with E-state index in [0.29, 0.717) is 6.04 Å². The van der Waals surface area contributed by atoms with E-state index in [9.17, 15) is 0 Å². The normalized spacial score (nSPS) is 25.5. The third kappa shape index (κ3) is 3.58. The average Bonchev–Trinajstić information content (AvgIpc) is 2.38. The maximum Gasteiger partial charge on any atom is 0.128 e. The molecule has 3 unspecified atom stereocenters. The van der Waals surface area contributed by atoms with E-state index in [1.165, 1.54) is 11.1 Å². The molecule has 1 aromatic rings. The van der Waals surface area contributed by atoms with Crippen LogP contribution in [0.5, 0.6) is 5.75 Å². The molecule has 0 heterocycles. The highest BCUT2D eigenvalue weighted by Crippen LogP contribution is 2.32. The lowest BCUT2D eigenvalue weighted by atomic mass is 9.84. The second-order valence-electron chi connectivity index (χ2n) is 6.99. The van der Waals surface area contributed by atoms with Crippen LogP contribution < -0.4 is 10.1 Å². The number of nitrogens with one attached hydrogen (secondary N) is 1. The van der Waals surface area contributed by atoms with Gasteiger partial charge in [0.2, 0.25) is 0 Å². The van der Waals surface area contributed by atoms with Crippen LogP contribution in [0.25, 0.3) is 0 Å². The second kappa shape index (κ2) is 6.37. The van der Waals surface area contributed by atoms with Gasteiger partial charge in [0.05, 0.1) is 0 Å². The Balaban J connectivity index is 2.04. The van der Waals surface area contributed by atoms with Gasteiger partial charge in [-0.05, 0) is 36.1 Å². The van der Waals surface area contributed by atoms with Gasteiger partial charge in [-0.15, -0.1) is 0 Å². The lowest BCUT2D eigenvalue weighted by Crippen LogP contribution is -2.60. The number of benzene rings is 1. The van der Waals surface area contributed by atoms with E-state index < -0.39 is 0 Å². The van der Waals surface area contributed by atoms with Crippen molar-refractivity contribution in [2.24, 2.45) is 0 Å². The molecule has 0 amide bonds. The summed E-state index contributed by atoms with van der Waals surface area (Å²) in [6.45, 7) is 11.9. The van der Waals surface area contributed by atoms with Gasteiger partial charge in [-0.1, -0.05) is 39.8 Å². The van der Waals surface area contributed by atoms with Crippen LogP contribution in [0.4, 0.5) is 0 Å². The second-order valence-corrected chi connectivity index (χ2v) is 6.99. The van der Waals surface area contributed by atoms with Gasteiger partial charge in [-0.2, -0.15) is 0 Å². The van der Waals surface area contributed by atoms with Crippen molar-refractivity contribution in [1.82, 2.24) is 5.32 Å². The van der Waals surface area contributed by atoms with Crippen molar-refractivity contribution in [3.05, 3.63) is 29.3 Å². The molecule has 3 heteroatoms. The van der Waals surface area contributed by atoms with Crippen molar-refractivity contribution in [3.8, 4) is 5.75 Å². The summed E-state index contributed by atoms with van der Waals surface area (Å²) in [4.78, 5) is 0.